The summed E-state index contributed by atoms with van der Waals surface area (Å²) in [6.45, 7) is 3.71. The Morgan fingerprint density at radius 1 is 1.50 bits per heavy atom. The van der Waals surface area contributed by atoms with Gasteiger partial charge in [0.2, 0.25) is 0 Å². The van der Waals surface area contributed by atoms with Gasteiger partial charge in [-0.1, -0.05) is 13.8 Å². The van der Waals surface area contributed by atoms with Gasteiger partial charge in [-0.25, -0.2) is 0 Å². The van der Waals surface area contributed by atoms with Gasteiger partial charge in [0.05, 0.1) is 0 Å². The van der Waals surface area contributed by atoms with Crippen molar-refractivity contribution < 1.29 is 24.3 Å². The molecule has 0 spiro atoms. The fraction of sp³-hybridized carbons (Fsp3) is 0.750. The molecular formula is C4H8OZn. The van der Waals surface area contributed by atoms with Crippen molar-refractivity contribution in [3.63, 3.8) is 0 Å². The van der Waals surface area contributed by atoms with Crippen LogP contribution in [-0.2, 0) is 24.3 Å². The molecule has 2 heteroatoms. The molecule has 0 aromatic carbocycles. The molecule has 0 fully saturated rings. The first-order valence-electron chi connectivity index (χ1n) is 1.72. The molecule has 0 aliphatic carbocycles. The van der Waals surface area contributed by atoms with Crippen molar-refractivity contribution >= 4 is 6.29 Å². The molecule has 0 amide bonds. The van der Waals surface area contributed by atoms with Crippen molar-refractivity contribution in [2.45, 2.75) is 13.8 Å². The largest absolute Gasteiger partial charge is 0.303 e. The maximum atomic E-state index is 9.50. The number of hydrogen-bond donors (Lipinski definition) is 0. The summed E-state index contributed by atoms with van der Waals surface area (Å²) in [5, 5.41) is 0. The summed E-state index contributed by atoms with van der Waals surface area (Å²) < 4.78 is 0. The Morgan fingerprint density at radius 2 is 1.67 bits per heavy atom. The van der Waals surface area contributed by atoms with Crippen LogP contribution in [0, 0.1) is 5.92 Å². The summed E-state index contributed by atoms with van der Waals surface area (Å²) in [6.07, 6.45) is 0.917. The first-order valence-corrected chi connectivity index (χ1v) is 1.72. The van der Waals surface area contributed by atoms with Gasteiger partial charge < -0.3 is 4.79 Å². The van der Waals surface area contributed by atoms with E-state index < -0.39 is 0 Å². The maximum Gasteiger partial charge on any atom is 0.122 e. The second-order valence-electron chi connectivity index (χ2n) is 1.38. The standard InChI is InChI=1S/C4H8O.Zn/c1-4(2)3-5;/h3-4H,1-2H3;. The fourth-order valence-electron chi connectivity index (χ4n) is 0. The van der Waals surface area contributed by atoms with E-state index >= 15 is 0 Å². The van der Waals surface area contributed by atoms with Gasteiger partial charge in [-0.15, -0.1) is 0 Å². The molecule has 0 atom stereocenters. The zero-order valence-corrected chi connectivity index (χ0v) is 7.24. The van der Waals surface area contributed by atoms with Gasteiger partial charge in [0.15, 0.2) is 0 Å². The van der Waals surface area contributed by atoms with Crippen molar-refractivity contribution in [2.75, 3.05) is 0 Å². The summed E-state index contributed by atoms with van der Waals surface area (Å²) >= 11 is 0. The van der Waals surface area contributed by atoms with Gasteiger partial charge in [0, 0.05) is 25.4 Å². The van der Waals surface area contributed by atoms with Gasteiger partial charge in [-0.3, -0.25) is 0 Å². The molecule has 0 aromatic heterocycles. The van der Waals surface area contributed by atoms with Crippen LogP contribution in [-0.4, -0.2) is 6.29 Å². The van der Waals surface area contributed by atoms with Crippen molar-refractivity contribution in [1.29, 1.82) is 0 Å². The molecule has 0 unspecified atom stereocenters. The Balaban J connectivity index is 0. The van der Waals surface area contributed by atoms with Crippen LogP contribution in [0.25, 0.3) is 0 Å². The molecule has 0 saturated carbocycles. The normalized spacial score (nSPS) is 7.17. The minimum Gasteiger partial charge on any atom is -0.303 e. The van der Waals surface area contributed by atoms with E-state index in [1.807, 2.05) is 13.8 Å². The molecule has 0 aromatic rings. The quantitative estimate of drug-likeness (QED) is 0.387. The first kappa shape index (κ1) is 9.57. The van der Waals surface area contributed by atoms with E-state index in [-0.39, 0.29) is 25.4 Å². The van der Waals surface area contributed by atoms with Crippen LogP contribution in [0.15, 0.2) is 0 Å². The molecule has 32 valence electrons. The van der Waals surface area contributed by atoms with Gasteiger partial charge in [-0.2, -0.15) is 0 Å². The molecular weight excluding hydrogens is 129 g/mol. The van der Waals surface area contributed by atoms with E-state index in [2.05, 4.69) is 0 Å². The third-order valence-electron chi connectivity index (χ3n) is 0.272. The third-order valence-corrected chi connectivity index (χ3v) is 0.272. The topological polar surface area (TPSA) is 17.1 Å². The molecule has 0 rings (SSSR count). The van der Waals surface area contributed by atoms with E-state index in [0.717, 1.165) is 6.29 Å². The number of aldehydes is 1. The number of carbonyl (C=O) groups is 1. The smallest absolute Gasteiger partial charge is 0.122 e. The van der Waals surface area contributed by atoms with E-state index in [0.29, 0.717) is 0 Å². The van der Waals surface area contributed by atoms with Crippen LogP contribution in [0.1, 0.15) is 13.8 Å². The van der Waals surface area contributed by atoms with E-state index in [4.69, 9.17) is 0 Å². The Labute approximate surface area is 50.9 Å². The predicted molar refractivity (Wildman–Crippen MR) is 20.9 cm³/mol. The van der Waals surface area contributed by atoms with Crippen LogP contribution in [0.3, 0.4) is 0 Å². The summed E-state index contributed by atoms with van der Waals surface area (Å²) in [5.74, 6) is 0.204. The molecule has 0 saturated heterocycles. The summed E-state index contributed by atoms with van der Waals surface area (Å²) in [7, 11) is 0. The van der Waals surface area contributed by atoms with E-state index in [1.54, 1.807) is 0 Å². The van der Waals surface area contributed by atoms with Crippen LogP contribution < -0.4 is 0 Å². The van der Waals surface area contributed by atoms with Crippen LogP contribution in [0.2, 0.25) is 0 Å². The van der Waals surface area contributed by atoms with Crippen molar-refractivity contribution in [3.8, 4) is 0 Å². The average molecular weight is 137 g/mol. The maximum absolute atomic E-state index is 9.50. The molecule has 0 aliphatic rings. The van der Waals surface area contributed by atoms with E-state index in [9.17, 15) is 4.79 Å². The zero-order valence-electron chi connectivity index (χ0n) is 4.27. The Bertz CT molecular complexity index is 34.5. The molecule has 0 N–H and O–H groups in total. The van der Waals surface area contributed by atoms with Gasteiger partial charge >= 0.3 is 0 Å². The number of hydrogen-bond acceptors (Lipinski definition) is 1. The van der Waals surface area contributed by atoms with Crippen LogP contribution in [0.4, 0.5) is 0 Å². The second-order valence-corrected chi connectivity index (χ2v) is 1.38. The van der Waals surface area contributed by atoms with Gasteiger partial charge in [0.25, 0.3) is 0 Å². The van der Waals surface area contributed by atoms with Crippen molar-refractivity contribution in [2.24, 2.45) is 5.92 Å². The molecule has 0 bridgehead atoms. The minimum atomic E-state index is 0. The first-order chi connectivity index (χ1) is 2.27. The molecule has 0 radical (unpaired) electrons. The zero-order chi connectivity index (χ0) is 4.28. The van der Waals surface area contributed by atoms with E-state index in [1.165, 1.54) is 0 Å². The van der Waals surface area contributed by atoms with Crippen molar-refractivity contribution in [3.05, 3.63) is 0 Å². The Hall–Kier alpha value is 0.293. The third kappa shape index (κ3) is 8.85. The summed E-state index contributed by atoms with van der Waals surface area (Å²) in [5.41, 5.74) is 0. The predicted octanol–water partition coefficient (Wildman–Crippen LogP) is 0.839. The summed E-state index contributed by atoms with van der Waals surface area (Å²) in [4.78, 5) is 9.50. The molecule has 1 nitrogen and oxygen atoms in total. The van der Waals surface area contributed by atoms with Crippen molar-refractivity contribution in [1.82, 2.24) is 0 Å². The minimum absolute atomic E-state index is 0. The van der Waals surface area contributed by atoms with Crippen LogP contribution in [0.5, 0.6) is 0 Å². The summed E-state index contributed by atoms with van der Waals surface area (Å²) in [6, 6.07) is 0. The number of carbonyl (C=O) groups excluding carboxylic acids is 1. The Morgan fingerprint density at radius 3 is 1.67 bits per heavy atom. The van der Waals surface area contributed by atoms with Gasteiger partial charge in [0.1, 0.15) is 6.29 Å². The molecule has 0 heterocycles. The average Bonchev–Trinajstić information content (AvgIpc) is 1.38. The molecule has 0 aliphatic heterocycles. The monoisotopic (exact) mass is 136 g/mol. The number of rotatable bonds is 1. The Kier molecular flexibility index (Phi) is 8.44. The SMILES string of the molecule is CC(C)C=O.[Zn]. The van der Waals surface area contributed by atoms with Gasteiger partial charge in [-0.05, 0) is 0 Å². The van der Waals surface area contributed by atoms with Crippen LogP contribution >= 0.6 is 0 Å². The second kappa shape index (κ2) is 5.29. The fourth-order valence-corrected chi connectivity index (χ4v) is 0. The molecule has 6 heavy (non-hydrogen) atoms.